The summed E-state index contributed by atoms with van der Waals surface area (Å²) in [5, 5.41) is 13.9. The molecule has 0 fully saturated rings. The van der Waals surface area contributed by atoms with Gasteiger partial charge in [-0.05, 0) is 53.1 Å². The molecule has 4 heteroatoms. The predicted octanol–water partition coefficient (Wildman–Crippen LogP) is 7.89. The minimum atomic E-state index is -0.463. The number of fused-ring (bicyclic) bond motifs is 6. The van der Waals surface area contributed by atoms with Crippen molar-refractivity contribution in [3.05, 3.63) is 114 Å². The van der Waals surface area contributed by atoms with E-state index < -0.39 is 5.63 Å². The largest absolute Gasteiger partial charge is 0.508 e. The van der Waals surface area contributed by atoms with Crippen LogP contribution in [0.15, 0.2) is 117 Å². The Morgan fingerprint density at radius 2 is 1.23 bits per heavy atom. The Balaban J connectivity index is 1.32. The van der Waals surface area contributed by atoms with Crippen LogP contribution in [0.2, 0.25) is 0 Å². The molecule has 35 heavy (non-hydrogen) atoms. The van der Waals surface area contributed by atoms with Gasteiger partial charge in [0, 0.05) is 27.1 Å². The lowest BCUT2D eigenvalue weighted by Crippen LogP contribution is -1.99. The Morgan fingerprint density at radius 3 is 2.11 bits per heavy atom. The summed E-state index contributed by atoms with van der Waals surface area (Å²) in [6.07, 6.45) is 0. The number of benzene rings is 5. The highest BCUT2D eigenvalue weighted by molar-refractivity contribution is 6.09. The van der Waals surface area contributed by atoms with E-state index in [9.17, 15) is 9.90 Å². The first kappa shape index (κ1) is 19.6. The van der Waals surface area contributed by atoms with Gasteiger partial charge in [-0.15, -0.1) is 0 Å². The Hall–Kier alpha value is -4.83. The van der Waals surface area contributed by atoms with E-state index in [-0.39, 0.29) is 5.75 Å². The Morgan fingerprint density at radius 1 is 0.514 bits per heavy atom. The number of rotatable bonds is 2. The van der Waals surface area contributed by atoms with E-state index in [1.807, 2.05) is 36.4 Å². The van der Waals surface area contributed by atoms with Crippen LogP contribution in [0.4, 0.5) is 0 Å². The molecule has 4 nitrogen and oxygen atoms in total. The summed E-state index contributed by atoms with van der Waals surface area (Å²) >= 11 is 0. The molecule has 0 saturated carbocycles. The van der Waals surface area contributed by atoms with Gasteiger partial charge in [-0.2, -0.15) is 0 Å². The third kappa shape index (κ3) is 3.04. The molecule has 0 spiro atoms. The lowest BCUT2D eigenvalue weighted by atomic mass is 9.98. The van der Waals surface area contributed by atoms with Gasteiger partial charge in [-0.1, -0.05) is 66.7 Å². The topological polar surface area (TPSA) is 63.6 Å². The molecule has 1 N–H and O–H groups in total. The molecular formula is C31H18O4. The summed E-state index contributed by atoms with van der Waals surface area (Å²) in [6.45, 7) is 0. The van der Waals surface area contributed by atoms with Gasteiger partial charge in [-0.3, -0.25) is 0 Å². The number of hydrogen-bond acceptors (Lipinski definition) is 4. The lowest BCUT2D eigenvalue weighted by Gasteiger charge is -2.08. The van der Waals surface area contributed by atoms with Crippen LogP contribution < -0.4 is 5.63 Å². The van der Waals surface area contributed by atoms with Crippen molar-refractivity contribution in [2.24, 2.45) is 0 Å². The van der Waals surface area contributed by atoms with Crippen LogP contribution in [0.3, 0.4) is 0 Å². The summed E-state index contributed by atoms with van der Waals surface area (Å²) in [7, 11) is 0. The fraction of sp³-hybridized carbons (Fsp3) is 0. The molecule has 7 aromatic rings. The smallest absolute Gasteiger partial charge is 0.344 e. The third-order valence-corrected chi connectivity index (χ3v) is 6.63. The van der Waals surface area contributed by atoms with Crippen LogP contribution >= 0.6 is 0 Å². The molecule has 0 aliphatic carbocycles. The highest BCUT2D eigenvalue weighted by Gasteiger charge is 2.13. The third-order valence-electron chi connectivity index (χ3n) is 6.63. The van der Waals surface area contributed by atoms with Crippen molar-refractivity contribution in [1.82, 2.24) is 0 Å². The van der Waals surface area contributed by atoms with Gasteiger partial charge < -0.3 is 13.9 Å². The summed E-state index contributed by atoms with van der Waals surface area (Å²) in [6, 6.07) is 33.2. The Labute approximate surface area is 199 Å². The molecule has 0 aliphatic rings. The first-order chi connectivity index (χ1) is 17.2. The maximum Gasteiger partial charge on any atom is 0.344 e. The van der Waals surface area contributed by atoms with Gasteiger partial charge in [0.25, 0.3) is 0 Å². The lowest BCUT2D eigenvalue weighted by molar-refractivity contribution is 0.475. The minimum absolute atomic E-state index is 0.0409. The van der Waals surface area contributed by atoms with Gasteiger partial charge in [0.15, 0.2) is 0 Å². The van der Waals surface area contributed by atoms with Gasteiger partial charge in [0.1, 0.15) is 22.5 Å². The van der Waals surface area contributed by atoms with Crippen LogP contribution in [0.1, 0.15) is 0 Å². The number of para-hydroxylation sites is 2. The second kappa shape index (κ2) is 7.34. The molecule has 2 aromatic heterocycles. The highest BCUT2D eigenvalue weighted by atomic mass is 16.4. The minimum Gasteiger partial charge on any atom is -0.508 e. The van der Waals surface area contributed by atoms with Crippen molar-refractivity contribution < 1.29 is 13.9 Å². The molecule has 0 atom stereocenters. The van der Waals surface area contributed by atoms with Crippen molar-refractivity contribution in [3.8, 4) is 28.0 Å². The quantitative estimate of drug-likeness (QED) is 0.213. The molecule has 0 aliphatic heterocycles. The Bertz CT molecular complexity index is 1970. The van der Waals surface area contributed by atoms with Crippen molar-refractivity contribution in [2.75, 3.05) is 0 Å². The summed E-state index contributed by atoms with van der Waals surface area (Å²) in [5.74, 6) is 0.0409. The van der Waals surface area contributed by atoms with Crippen LogP contribution in [0, 0.1) is 0 Å². The van der Waals surface area contributed by atoms with E-state index in [1.165, 1.54) is 6.07 Å². The molecule has 0 saturated heterocycles. The van der Waals surface area contributed by atoms with E-state index in [2.05, 4.69) is 48.5 Å². The van der Waals surface area contributed by atoms with Gasteiger partial charge >= 0.3 is 5.63 Å². The fourth-order valence-electron chi connectivity index (χ4n) is 4.92. The summed E-state index contributed by atoms with van der Waals surface area (Å²) in [5.41, 5.74) is 5.89. The molecular weight excluding hydrogens is 436 g/mol. The Kier molecular flexibility index (Phi) is 4.11. The van der Waals surface area contributed by atoms with Gasteiger partial charge in [-0.25, -0.2) is 4.79 Å². The average molecular weight is 454 g/mol. The SMILES string of the molecule is O=c1oc2cc(-c3ccc(-c4cccc5c4oc4ccccc45)cc3)ccc2c2ccc(O)cc12. The zero-order chi connectivity index (χ0) is 23.5. The van der Waals surface area contributed by atoms with Crippen LogP contribution in [-0.2, 0) is 0 Å². The molecule has 166 valence electrons. The van der Waals surface area contributed by atoms with E-state index in [0.29, 0.717) is 11.0 Å². The monoisotopic (exact) mass is 454 g/mol. The molecule has 5 aromatic carbocycles. The average Bonchev–Trinajstić information content (AvgIpc) is 3.28. The van der Waals surface area contributed by atoms with Crippen LogP contribution in [0.5, 0.6) is 5.75 Å². The zero-order valence-electron chi connectivity index (χ0n) is 18.5. The van der Waals surface area contributed by atoms with Crippen LogP contribution in [0.25, 0.3) is 65.9 Å². The molecule has 0 unspecified atom stereocenters. The first-order valence-electron chi connectivity index (χ1n) is 11.4. The van der Waals surface area contributed by atoms with Gasteiger partial charge in [0.2, 0.25) is 0 Å². The fourth-order valence-corrected chi connectivity index (χ4v) is 4.92. The normalized spacial score (nSPS) is 11.7. The maximum atomic E-state index is 12.5. The van der Waals surface area contributed by atoms with E-state index in [4.69, 9.17) is 8.83 Å². The summed E-state index contributed by atoms with van der Waals surface area (Å²) in [4.78, 5) is 12.5. The van der Waals surface area contributed by atoms with Crippen molar-refractivity contribution >= 4 is 43.7 Å². The zero-order valence-corrected chi connectivity index (χ0v) is 18.5. The molecule has 0 amide bonds. The first-order valence-corrected chi connectivity index (χ1v) is 11.4. The molecule has 0 radical (unpaired) electrons. The molecule has 0 bridgehead atoms. The molecule has 7 rings (SSSR count). The van der Waals surface area contributed by atoms with Crippen molar-refractivity contribution in [1.29, 1.82) is 0 Å². The second-order valence-corrected chi connectivity index (χ2v) is 8.69. The van der Waals surface area contributed by atoms with E-state index >= 15 is 0 Å². The van der Waals surface area contributed by atoms with Gasteiger partial charge in [0.05, 0.1) is 5.39 Å². The predicted molar refractivity (Wildman–Crippen MR) is 140 cm³/mol. The molecule has 2 heterocycles. The number of hydrogen-bond donors (Lipinski definition) is 1. The number of phenolic OH excluding ortho intramolecular Hbond substituents is 1. The van der Waals surface area contributed by atoms with E-state index in [0.717, 1.165) is 55.0 Å². The second-order valence-electron chi connectivity index (χ2n) is 8.69. The number of furan rings is 1. The van der Waals surface area contributed by atoms with Crippen molar-refractivity contribution in [2.45, 2.75) is 0 Å². The van der Waals surface area contributed by atoms with E-state index in [1.54, 1.807) is 12.1 Å². The number of phenols is 1. The maximum absolute atomic E-state index is 12.5. The van der Waals surface area contributed by atoms with Crippen LogP contribution in [-0.4, -0.2) is 5.11 Å². The summed E-state index contributed by atoms with van der Waals surface area (Å²) < 4.78 is 11.8. The highest BCUT2D eigenvalue weighted by Crippen LogP contribution is 2.36. The standard InChI is InChI=1S/C31H18O4/c32-21-13-15-23-25-14-12-20(16-29(25)35-31(33)27(23)17-21)18-8-10-19(11-9-18)22-5-3-6-26-24-4-1-2-7-28(24)34-30(22)26/h1-17,32H. The van der Waals surface area contributed by atoms with Crippen molar-refractivity contribution in [3.63, 3.8) is 0 Å². The number of aromatic hydroxyl groups is 1.